The van der Waals surface area contributed by atoms with E-state index in [9.17, 15) is 13.2 Å². The second-order valence-electron chi connectivity index (χ2n) is 5.29. The molecule has 0 radical (unpaired) electrons. The maximum atomic E-state index is 12.3. The van der Waals surface area contributed by atoms with Crippen LogP contribution >= 0.6 is 0 Å². The van der Waals surface area contributed by atoms with E-state index in [4.69, 9.17) is 0 Å². The molecule has 0 N–H and O–H groups in total. The van der Waals surface area contributed by atoms with Crippen molar-refractivity contribution >= 4 is 21.6 Å². The van der Waals surface area contributed by atoms with E-state index in [1.54, 1.807) is 4.90 Å². The molecule has 1 heterocycles. The van der Waals surface area contributed by atoms with Crippen LogP contribution in [-0.4, -0.2) is 44.5 Å². The molecule has 0 saturated heterocycles. The number of carbonyl (C=O) groups is 1. The van der Waals surface area contributed by atoms with E-state index in [2.05, 4.69) is 0 Å². The van der Waals surface area contributed by atoms with Crippen LogP contribution in [0.5, 0.6) is 0 Å². The molecule has 1 atom stereocenters. The average molecular weight is 296 g/mol. The molecule has 1 amide bonds. The van der Waals surface area contributed by atoms with Gasteiger partial charge in [0, 0.05) is 32.2 Å². The van der Waals surface area contributed by atoms with Crippen LogP contribution in [-0.2, 0) is 21.2 Å². The number of benzene rings is 1. The molecule has 5 nitrogen and oxygen atoms in total. The fourth-order valence-corrected chi connectivity index (χ4v) is 3.26. The Morgan fingerprint density at radius 3 is 2.65 bits per heavy atom. The molecule has 0 spiro atoms. The van der Waals surface area contributed by atoms with Crippen LogP contribution in [0.1, 0.15) is 18.9 Å². The zero-order valence-electron chi connectivity index (χ0n) is 12.0. The molecule has 0 aromatic heterocycles. The van der Waals surface area contributed by atoms with Gasteiger partial charge in [-0.05, 0) is 25.0 Å². The van der Waals surface area contributed by atoms with Crippen molar-refractivity contribution in [1.82, 2.24) is 4.31 Å². The molecular weight excluding hydrogens is 276 g/mol. The molecule has 0 fully saturated rings. The van der Waals surface area contributed by atoms with Gasteiger partial charge in [-0.3, -0.25) is 4.79 Å². The van der Waals surface area contributed by atoms with Crippen molar-refractivity contribution < 1.29 is 13.2 Å². The Labute approximate surface area is 120 Å². The van der Waals surface area contributed by atoms with Gasteiger partial charge in [-0.15, -0.1) is 0 Å². The number of para-hydroxylation sites is 1. The van der Waals surface area contributed by atoms with Crippen molar-refractivity contribution in [3.63, 3.8) is 0 Å². The van der Waals surface area contributed by atoms with Crippen molar-refractivity contribution in [3.8, 4) is 0 Å². The first-order chi connectivity index (χ1) is 9.33. The Hall–Kier alpha value is -1.40. The molecule has 6 heteroatoms. The quantitative estimate of drug-likeness (QED) is 0.840. The smallest absolute Gasteiger partial charge is 0.228 e. The van der Waals surface area contributed by atoms with Crippen molar-refractivity contribution in [2.75, 3.05) is 24.7 Å². The summed E-state index contributed by atoms with van der Waals surface area (Å²) in [6.45, 7) is 1.98. The SMILES string of the molecule is CC1Cc2ccccc2N1C(=O)CCS(=O)(=O)N(C)C. The largest absolute Gasteiger partial charge is 0.309 e. The molecule has 1 aliphatic rings. The van der Waals surface area contributed by atoms with Gasteiger partial charge in [0.1, 0.15) is 0 Å². The van der Waals surface area contributed by atoms with Crippen LogP contribution < -0.4 is 4.90 Å². The van der Waals surface area contributed by atoms with Gasteiger partial charge in [0.25, 0.3) is 0 Å². The van der Waals surface area contributed by atoms with Gasteiger partial charge in [-0.1, -0.05) is 18.2 Å². The maximum absolute atomic E-state index is 12.3. The number of carbonyl (C=O) groups excluding carboxylic acids is 1. The van der Waals surface area contributed by atoms with E-state index < -0.39 is 10.0 Å². The summed E-state index contributed by atoms with van der Waals surface area (Å²) in [5.74, 6) is -0.280. The van der Waals surface area contributed by atoms with Crippen LogP contribution in [0.2, 0.25) is 0 Å². The first-order valence-corrected chi connectivity index (χ1v) is 8.24. The van der Waals surface area contributed by atoms with Crippen LogP contribution in [0.25, 0.3) is 0 Å². The molecule has 20 heavy (non-hydrogen) atoms. The topological polar surface area (TPSA) is 57.7 Å². The number of sulfonamides is 1. The lowest BCUT2D eigenvalue weighted by molar-refractivity contribution is -0.118. The lowest BCUT2D eigenvalue weighted by atomic mass is 10.1. The predicted octanol–water partition coefficient (Wildman–Crippen LogP) is 1.25. The van der Waals surface area contributed by atoms with Crippen molar-refractivity contribution in [2.45, 2.75) is 25.8 Å². The summed E-state index contributed by atoms with van der Waals surface area (Å²) in [6, 6.07) is 7.86. The van der Waals surface area contributed by atoms with Crippen molar-refractivity contribution in [1.29, 1.82) is 0 Å². The third-order valence-corrected chi connectivity index (χ3v) is 5.44. The zero-order chi connectivity index (χ0) is 14.9. The molecule has 1 aliphatic heterocycles. The first-order valence-electron chi connectivity index (χ1n) is 6.63. The van der Waals surface area contributed by atoms with E-state index in [1.807, 2.05) is 31.2 Å². The predicted molar refractivity (Wildman–Crippen MR) is 79.2 cm³/mol. The van der Waals surface area contributed by atoms with E-state index in [0.717, 1.165) is 22.0 Å². The molecule has 1 unspecified atom stereocenters. The summed E-state index contributed by atoms with van der Waals surface area (Å²) >= 11 is 0. The third kappa shape index (κ3) is 2.86. The Balaban J connectivity index is 2.11. The number of hydrogen-bond acceptors (Lipinski definition) is 3. The first kappa shape index (κ1) is 15.0. The Kier molecular flexibility index (Phi) is 4.15. The summed E-state index contributed by atoms with van der Waals surface area (Å²) in [5.41, 5.74) is 2.05. The number of hydrogen-bond donors (Lipinski definition) is 0. The highest BCUT2D eigenvalue weighted by Crippen LogP contribution is 2.32. The highest BCUT2D eigenvalue weighted by atomic mass is 32.2. The van der Waals surface area contributed by atoms with Gasteiger partial charge in [0.05, 0.1) is 5.75 Å². The van der Waals surface area contributed by atoms with Gasteiger partial charge >= 0.3 is 0 Å². The third-order valence-electron chi connectivity index (χ3n) is 3.61. The van der Waals surface area contributed by atoms with Crippen LogP contribution in [0.3, 0.4) is 0 Å². The van der Waals surface area contributed by atoms with Crippen molar-refractivity contribution in [2.24, 2.45) is 0 Å². The summed E-state index contributed by atoms with van der Waals surface area (Å²) in [5, 5.41) is 0. The lowest BCUT2D eigenvalue weighted by Gasteiger charge is -2.23. The van der Waals surface area contributed by atoms with E-state index in [-0.39, 0.29) is 24.1 Å². The van der Waals surface area contributed by atoms with Crippen LogP contribution in [0, 0.1) is 0 Å². The number of fused-ring (bicyclic) bond motifs is 1. The second kappa shape index (κ2) is 5.54. The minimum atomic E-state index is -3.33. The highest BCUT2D eigenvalue weighted by Gasteiger charge is 2.31. The molecule has 0 saturated carbocycles. The molecular formula is C14H20N2O3S. The Morgan fingerprint density at radius 1 is 1.35 bits per heavy atom. The summed E-state index contributed by atoms with van der Waals surface area (Å²) in [4.78, 5) is 14.1. The number of rotatable bonds is 4. The number of amides is 1. The van der Waals surface area contributed by atoms with Gasteiger partial charge in [-0.2, -0.15) is 0 Å². The minimum Gasteiger partial charge on any atom is -0.309 e. The van der Waals surface area contributed by atoms with Crippen molar-refractivity contribution in [3.05, 3.63) is 29.8 Å². The average Bonchev–Trinajstić information content (AvgIpc) is 2.71. The molecule has 0 bridgehead atoms. The number of anilines is 1. The molecule has 110 valence electrons. The lowest BCUT2D eigenvalue weighted by Crippen LogP contribution is -2.37. The normalized spacial score (nSPS) is 18.4. The van der Waals surface area contributed by atoms with Gasteiger partial charge in [-0.25, -0.2) is 12.7 Å². The molecule has 0 aliphatic carbocycles. The fraction of sp³-hybridized carbons (Fsp3) is 0.500. The minimum absolute atomic E-state index is 0.0131. The van der Waals surface area contributed by atoms with Crippen LogP contribution in [0.15, 0.2) is 24.3 Å². The highest BCUT2D eigenvalue weighted by molar-refractivity contribution is 7.89. The summed E-state index contributed by atoms with van der Waals surface area (Å²) in [7, 11) is -0.372. The monoisotopic (exact) mass is 296 g/mol. The van der Waals surface area contributed by atoms with E-state index in [1.165, 1.54) is 14.1 Å². The summed E-state index contributed by atoms with van der Waals surface area (Å²) < 4.78 is 24.6. The number of nitrogens with zero attached hydrogens (tertiary/aromatic N) is 2. The maximum Gasteiger partial charge on any atom is 0.228 e. The van der Waals surface area contributed by atoms with E-state index in [0.29, 0.717) is 0 Å². The standard InChI is InChI=1S/C14H20N2O3S/c1-11-10-12-6-4-5-7-13(12)16(11)14(17)8-9-20(18,19)15(2)3/h4-7,11H,8-10H2,1-3H3. The Bertz CT molecular complexity index is 611. The molecule has 1 aromatic rings. The van der Waals surface area contributed by atoms with E-state index >= 15 is 0 Å². The van der Waals surface area contributed by atoms with Gasteiger partial charge < -0.3 is 4.90 Å². The fourth-order valence-electron chi connectivity index (χ4n) is 2.46. The van der Waals surface area contributed by atoms with Gasteiger partial charge in [0.2, 0.25) is 15.9 Å². The van der Waals surface area contributed by atoms with Gasteiger partial charge in [0.15, 0.2) is 0 Å². The Morgan fingerprint density at radius 2 is 2.00 bits per heavy atom. The summed E-state index contributed by atoms with van der Waals surface area (Å²) in [6.07, 6.45) is 0.835. The molecule has 2 rings (SSSR count). The zero-order valence-corrected chi connectivity index (χ0v) is 12.9. The molecule has 1 aromatic carbocycles. The van der Waals surface area contributed by atoms with Crippen LogP contribution in [0.4, 0.5) is 5.69 Å². The second-order valence-corrected chi connectivity index (χ2v) is 7.60.